The highest BCUT2D eigenvalue weighted by atomic mass is 19.1. The van der Waals surface area contributed by atoms with E-state index in [0.29, 0.717) is 6.54 Å². The number of amides is 2. The van der Waals surface area contributed by atoms with Crippen molar-refractivity contribution in [2.45, 2.75) is 37.8 Å². The van der Waals surface area contributed by atoms with Crippen LogP contribution >= 0.6 is 0 Å². The Kier molecular flexibility index (Phi) is 4.10. The average Bonchev–Trinajstić information content (AvgIpc) is 3.17. The zero-order valence-corrected chi connectivity index (χ0v) is 13.1. The van der Waals surface area contributed by atoms with Crippen LogP contribution in [0.2, 0.25) is 0 Å². The van der Waals surface area contributed by atoms with Crippen molar-refractivity contribution >= 4 is 11.8 Å². The highest BCUT2D eigenvalue weighted by molar-refractivity contribution is 5.78. The van der Waals surface area contributed by atoms with Crippen molar-refractivity contribution in [1.82, 2.24) is 10.2 Å². The van der Waals surface area contributed by atoms with Gasteiger partial charge in [-0.05, 0) is 30.5 Å². The maximum absolute atomic E-state index is 13.0. The third-order valence-electron chi connectivity index (χ3n) is 4.82. The van der Waals surface area contributed by atoms with Crippen molar-refractivity contribution in [1.29, 1.82) is 0 Å². The Bertz CT molecular complexity index is 613. The summed E-state index contributed by atoms with van der Waals surface area (Å²) in [5.41, 5.74) is 0.513. The molecule has 0 unspecified atom stereocenters. The Morgan fingerprint density at radius 2 is 1.96 bits per heavy atom. The van der Waals surface area contributed by atoms with Crippen LogP contribution in [-0.4, -0.2) is 41.0 Å². The number of aliphatic hydroxyl groups is 1. The summed E-state index contributed by atoms with van der Waals surface area (Å²) in [4.78, 5) is 25.2. The molecule has 5 nitrogen and oxygen atoms in total. The molecule has 2 N–H and O–H groups in total. The van der Waals surface area contributed by atoms with Gasteiger partial charge in [-0.15, -0.1) is 0 Å². The Morgan fingerprint density at radius 1 is 1.30 bits per heavy atom. The number of carbonyl (C=O) groups excluding carboxylic acids is 2. The van der Waals surface area contributed by atoms with Crippen LogP contribution in [0.4, 0.5) is 4.39 Å². The second kappa shape index (κ2) is 5.92. The molecule has 2 amide bonds. The molecule has 0 aromatic heterocycles. The number of nitrogens with one attached hydrogen (secondary N) is 1. The number of hydrogen-bond donors (Lipinski definition) is 2. The minimum absolute atomic E-state index is 0.0862. The molecule has 3 rings (SSSR count). The first kappa shape index (κ1) is 15.9. The second-order valence-corrected chi connectivity index (χ2v) is 6.59. The molecule has 1 heterocycles. The van der Waals surface area contributed by atoms with Gasteiger partial charge in [0.2, 0.25) is 11.8 Å². The zero-order chi connectivity index (χ0) is 16.6. The Labute approximate surface area is 134 Å². The maximum atomic E-state index is 13.0. The zero-order valence-electron chi connectivity index (χ0n) is 13.1. The van der Waals surface area contributed by atoms with E-state index in [-0.39, 0.29) is 36.5 Å². The van der Waals surface area contributed by atoms with Gasteiger partial charge in [0.05, 0.1) is 11.6 Å². The maximum Gasteiger partial charge on any atom is 0.221 e. The summed E-state index contributed by atoms with van der Waals surface area (Å²) in [5, 5.41) is 13.0. The molecule has 2 fully saturated rings. The lowest BCUT2D eigenvalue weighted by Crippen LogP contribution is -2.37. The molecule has 1 aromatic rings. The van der Waals surface area contributed by atoms with Crippen molar-refractivity contribution in [3.8, 4) is 0 Å². The van der Waals surface area contributed by atoms with Crippen LogP contribution in [0.5, 0.6) is 0 Å². The molecule has 0 radical (unpaired) electrons. The van der Waals surface area contributed by atoms with Gasteiger partial charge in [0, 0.05) is 32.4 Å². The van der Waals surface area contributed by atoms with E-state index in [1.165, 1.54) is 19.1 Å². The number of halogens is 1. The Hall–Kier alpha value is -1.95. The number of aliphatic hydroxyl groups excluding tert-OH is 1. The molecule has 2 aliphatic rings. The van der Waals surface area contributed by atoms with Gasteiger partial charge in [-0.2, -0.15) is 0 Å². The second-order valence-electron chi connectivity index (χ2n) is 6.59. The van der Waals surface area contributed by atoms with Crippen molar-refractivity contribution in [3.63, 3.8) is 0 Å². The summed E-state index contributed by atoms with van der Waals surface area (Å²) in [7, 11) is 0. The van der Waals surface area contributed by atoms with Gasteiger partial charge in [-0.25, -0.2) is 4.39 Å². The molecule has 1 aromatic carbocycles. The van der Waals surface area contributed by atoms with Crippen LogP contribution in [0, 0.1) is 11.7 Å². The van der Waals surface area contributed by atoms with Crippen LogP contribution in [0.15, 0.2) is 24.3 Å². The first-order valence-electron chi connectivity index (χ1n) is 7.90. The number of β-amino-alcohol motifs (C(OH)–C–C–N with tert-alkyl or cyclic N) is 1. The fraction of sp³-hybridized carbons (Fsp3) is 0.529. The molecule has 0 bridgehead atoms. The lowest BCUT2D eigenvalue weighted by molar-refractivity contribution is -0.128. The topological polar surface area (TPSA) is 69.6 Å². The number of hydrogen-bond acceptors (Lipinski definition) is 3. The monoisotopic (exact) mass is 320 g/mol. The van der Waals surface area contributed by atoms with E-state index in [0.717, 1.165) is 18.4 Å². The lowest BCUT2D eigenvalue weighted by atomic mass is 10.00. The summed E-state index contributed by atoms with van der Waals surface area (Å²) in [5.74, 6) is -0.754. The van der Waals surface area contributed by atoms with E-state index in [2.05, 4.69) is 5.32 Å². The van der Waals surface area contributed by atoms with E-state index in [1.54, 1.807) is 17.0 Å². The third-order valence-corrected chi connectivity index (χ3v) is 4.82. The number of likely N-dealkylation sites (tertiary alicyclic amines) is 1. The van der Waals surface area contributed by atoms with Crippen LogP contribution in [0.3, 0.4) is 0 Å². The molecule has 1 aliphatic heterocycles. The molecule has 1 saturated heterocycles. The molecule has 0 spiro atoms. The minimum Gasteiger partial charge on any atom is -0.391 e. The lowest BCUT2D eigenvalue weighted by Gasteiger charge is -2.20. The van der Waals surface area contributed by atoms with Crippen molar-refractivity contribution in [2.75, 3.05) is 13.1 Å². The first-order valence-corrected chi connectivity index (χ1v) is 7.90. The summed E-state index contributed by atoms with van der Waals surface area (Å²) in [6.07, 6.45) is 1.19. The third kappa shape index (κ3) is 3.37. The van der Waals surface area contributed by atoms with Crippen LogP contribution in [-0.2, 0) is 15.1 Å². The van der Waals surface area contributed by atoms with Crippen LogP contribution in [0.25, 0.3) is 0 Å². The summed E-state index contributed by atoms with van der Waals surface area (Å²) in [6, 6.07) is 6.19. The fourth-order valence-corrected chi connectivity index (χ4v) is 3.25. The summed E-state index contributed by atoms with van der Waals surface area (Å²) in [6.45, 7) is 2.16. The molecule has 1 aliphatic carbocycles. The number of carbonyl (C=O) groups is 2. The van der Waals surface area contributed by atoms with Crippen LogP contribution < -0.4 is 5.32 Å². The Balaban J connectivity index is 1.59. The highest BCUT2D eigenvalue weighted by Crippen LogP contribution is 2.45. The molecule has 124 valence electrons. The van der Waals surface area contributed by atoms with E-state index in [9.17, 15) is 19.1 Å². The minimum atomic E-state index is -0.661. The van der Waals surface area contributed by atoms with E-state index >= 15 is 0 Å². The fourth-order valence-electron chi connectivity index (χ4n) is 3.25. The first-order chi connectivity index (χ1) is 10.9. The molecule has 6 heteroatoms. The van der Waals surface area contributed by atoms with Crippen LogP contribution in [0.1, 0.15) is 31.7 Å². The molecular formula is C17H21FN2O3. The standard InChI is InChI=1S/C17H21FN2O3/c1-11(21)20-9-12(15(22)10-20)8-16(23)19-17(6-7-17)13-2-4-14(18)5-3-13/h2-5,12,15,22H,6-10H2,1H3,(H,19,23)/t12-,15-/m0/s1. The van der Waals surface area contributed by atoms with E-state index in [1.807, 2.05) is 0 Å². The van der Waals surface area contributed by atoms with Gasteiger partial charge >= 0.3 is 0 Å². The average molecular weight is 320 g/mol. The summed E-state index contributed by atoms with van der Waals surface area (Å²) >= 11 is 0. The van der Waals surface area contributed by atoms with Crippen molar-refractivity contribution in [3.05, 3.63) is 35.6 Å². The SMILES string of the molecule is CC(=O)N1C[C@H](CC(=O)NC2(c3ccc(F)cc3)CC2)[C@@H](O)C1. The van der Waals surface area contributed by atoms with Gasteiger partial charge in [0.25, 0.3) is 0 Å². The molecule has 23 heavy (non-hydrogen) atoms. The highest BCUT2D eigenvalue weighted by Gasteiger charge is 2.46. The smallest absolute Gasteiger partial charge is 0.221 e. The quantitative estimate of drug-likeness (QED) is 0.875. The van der Waals surface area contributed by atoms with Gasteiger partial charge in [-0.3, -0.25) is 9.59 Å². The predicted octanol–water partition coefficient (Wildman–Crippen LogP) is 1.16. The number of benzene rings is 1. The number of rotatable bonds is 4. The molecule has 2 atom stereocenters. The largest absolute Gasteiger partial charge is 0.391 e. The predicted molar refractivity (Wildman–Crippen MR) is 81.8 cm³/mol. The molecular weight excluding hydrogens is 299 g/mol. The van der Waals surface area contributed by atoms with Gasteiger partial charge in [-0.1, -0.05) is 12.1 Å². The van der Waals surface area contributed by atoms with Gasteiger partial charge < -0.3 is 15.3 Å². The normalized spacial score (nSPS) is 25.3. The van der Waals surface area contributed by atoms with E-state index in [4.69, 9.17) is 0 Å². The number of nitrogens with zero attached hydrogens (tertiary/aromatic N) is 1. The van der Waals surface area contributed by atoms with Crippen molar-refractivity contribution in [2.24, 2.45) is 5.92 Å². The summed E-state index contributed by atoms with van der Waals surface area (Å²) < 4.78 is 13.0. The van der Waals surface area contributed by atoms with Gasteiger partial charge in [0.15, 0.2) is 0 Å². The van der Waals surface area contributed by atoms with E-state index < -0.39 is 11.6 Å². The van der Waals surface area contributed by atoms with Crippen molar-refractivity contribution < 1.29 is 19.1 Å². The Morgan fingerprint density at radius 3 is 2.48 bits per heavy atom. The molecule has 1 saturated carbocycles. The van der Waals surface area contributed by atoms with Gasteiger partial charge in [0.1, 0.15) is 5.82 Å².